The van der Waals surface area contributed by atoms with E-state index in [1.807, 2.05) is 6.92 Å². The Bertz CT molecular complexity index is 610. The summed E-state index contributed by atoms with van der Waals surface area (Å²) in [6, 6.07) is 6.27. The Balaban J connectivity index is 2.17. The molecule has 7 nitrogen and oxygen atoms in total. The first-order valence-electron chi connectivity index (χ1n) is 8.14. The van der Waals surface area contributed by atoms with Crippen molar-refractivity contribution in [2.24, 2.45) is 0 Å². The molecule has 1 unspecified atom stereocenters. The predicted molar refractivity (Wildman–Crippen MR) is 91.6 cm³/mol. The molecular formula is C17H26O7S. The molecule has 0 aliphatic rings. The number of benzene rings is 1. The van der Waals surface area contributed by atoms with Crippen molar-refractivity contribution in [1.29, 1.82) is 0 Å². The molecule has 0 heterocycles. The number of unbranched alkanes of at least 4 members (excludes halogenated alkanes) is 2. The van der Waals surface area contributed by atoms with Gasteiger partial charge in [0.15, 0.2) is 0 Å². The highest BCUT2D eigenvalue weighted by molar-refractivity contribution is 7.86. The molecular weight excluding hydrogens is 348 g/mol. The molecule has 0 saturated carbocycles. The van der Waals surface area contributed by atoms with Gasteiger partial charge in [-0.25, -0.2) is 0 Å². The zero-order valence-corrected chi connectivity index (χ0v) is 15.5. The van der Waals surface area contributed by atoms with Crippen molar-refractivity contribution in [2.75, 3.05) is 26.9 Å². The molecule has 8 heteroatoms. The summed E-state index contributed by atoms with van der Waals surface area (Å²) in [7, 11) is -2.53. The summed E-state index contributed by atoms with van der Waals surface area (Å²) in [5.74, 6) is -0.233. The summed E-state index contributed by atoms with van der Waals surface area (Å²) in [4.78, 5) is 11.0. The summed E-state index contributed by atoms with van der Waals surface area (Å²) in [5, 5.41) is 9.74. The van der Waals surface area contributed by atoms with Crippen LogP contribution < -0.4 is 0 Å². The molecule has 0 aliphatic carbocycles. The van der Waals surface area contributed by atoms with Gasteiger partial charge in [-0.05, 0) is 31.9 Å². The van der Waals surface area contributed by atoms with Gasteiger partial charge in [0, 0.05) is 13.0 Å². The lowest BCUT2D eigenvalue weighted by molar-refractivity contribution is -0.140. The van der Waals surface area contributed by atoms with E-state index < -0.39 is 16.2 Å². The van der Waals surface area contributed by atoms with Gasteiger partial charge < -0.3 is 14.6 Å². The predicted octanol–water partition coefficient (Wildman–Crippen LogP) is 1.81. The molecule has 0 bridgehead atoms. The van der Waals surface area contributed by atoms with E-state index in [1.165, 1.54) is 19.2 Å². The van der Waals surface area contributed by atoms with Crippen LogP contribution in [0.2, 0.25) is 0 Å². The third kappa shape index (κ3) is 8.97. The normalized spacial score (nSPS) is 12.8. The minimum absolute atomic E-state index is 0.0135. The molecule has 25 heavy (non-hydrogen) atoms. The van der Waals surface area contributed by atoms with Crippen molar-refractivity contribution < 1.29 is 32.0 Å². The van der Waals surface area contributed by atoms with E-state index in [2.05, 4.69) is 4.74 Å². The molecule has 1 rings (SSSR count). The van der Waals surface area contributed by atoms with Crippen LogP contribution in [0.3, 0.4) is 0 Å². The van der Waals surface area contributed by atoms with E-state index >= 15 is 0 Å². The van der Waals surface area contributed by atoms with E-state index in [0.717, 1.165) is 24.8 Å². The number of ether oxygens (including phenoxy) is 2. The maximum absolute atomic E-state index is 12.0. The van der Waals surface area contributed by atoms with E-state index in [4.69, 9.17) is 8.92 Å². The van der Waals surface area contributed by atoms with Crippen LogP contribution in [0.4, 0.5) is 0 Å². The van der Waals surface area contributed by atoms with E-state index in [0.29, 0.717) is 13.0 Å². The standard InChI is InChI=1S/C17H26O7S/c1-14-7-9-16(10-8-14)25(20,21)24-13-15(18)12-23-11-5-3-4-6-17(19)22-2/h7-10,15,18H,3-6,11-13H2,1-2H3. The van der Waals surface area contributed by atoms with Gasteiger partial charge in [0.05, 0.1) is 25.2 Å². The van der Waals surface area contributed by atoms with Gasteiger partial charge in [0.2, 0.25) is 0 Å². The number of carbonyl (C=O) groups excluding carboxylic acids is 1. The Hall–Kier alpha value is -1.48. The molecule has 1 aromatic rings. The molecule has 0 fully saturated rings. The minimum atomic E-state index is -3.88. The monoisotopic (exact) mass is 374 g/mol. The van der Waals surface area contributed by atoms with Crippen molar-refractivity contribution in [2.45, 2.75) is 43.6 Å². The minimum Gasteiger partial charge on any atom is -0.469 e. The van der Waals surface area contributed by atoms with Gasteiger partial charge in [-0.3, -0.25) is 8.98 Å². The molecule has 0 radical (unpaired) electrons. The van der Waals surface area contributed by atoms with Gasteiger partial charge in [-0.1, -0.05) is 24.1 Å². The molecule has 0 amide bonds. The third-order valence-corrected chi connectivity index (χ3v) is 4.73. The van der Waals surface area contributed by atoms with Crippen LogP contribution in [0.25, 0.3) is 0 Å². The number of aliphatic hydroxyl groups excluding tert-OH is 1. The second-order valence-electron chi connectivity index (χ2n) is 5.67. The number of hydrogen-bond acceptors (Lipinski definition) is 7. The summed E-state index contributed by atoms with van der Waals surface area (Å²) >= 11 is 0. The van der Waals surface area contributed by atoms with Crippen LogP contribution >= 0.6 is 0 Å². The maximum atomic E-state index is 12.0. The summed E-state index contributed by atoms with van der Waals surface area (Å²) in [5.41, 5.74) is 0.943. The highest BCUT2D eigenvalue weighted by Gasteiger charge is 2.17. The molecule has 1 aromatic carbocycles. The molecule has 1 atom stereocenters. The number of methoxy groups -OCH3 is 1. The Morgan fingerprint density at radius 2 is 1.80 bits per heavy atom. The average molecular weight is 374 g/mol. The van der Waals surface area contributed by atoms with Crippen molar-refractivity contribution >= 4 is 16.1 Å². The van der Waals surface area contributed by atoms with Crippen molar-refractivity contribution in [3.8, 4) is 0 Å². The highest BCUT2D eigenvalue weighted by atomic mass is 32.2. The number of carbonyl (C=O) groups is 1. The smallest absolute Gasteiger partial charge is 0.305 e. The summed E-state index contributed by atoms with van der Waals surface area (Å²) < 4.78 is 38.6. The fraction of sp³-hybridized carbons (Fsp3) is 0.588. The Morgan fingerprint density at radius 3 is 2.44 bits per heavy atom. The second-order valence-corrected chi connectivity index (χ2v) is 7.28. The van der Waals surface area contributed by atoms with Crippen LogP contribution in [0.1, 0.15) is 31.2 Å². The highest BCUT2D eigenvalue weighted by Crippen LogP contribution is 2.13. The van der Waals surface area contributed by atoms with Crippen molar-refractivity contribution in [3.05, 3.63) is 29.8 Å². The van der Waals surface area contributed by atoms with E-state index in [9.17, 15) is 18.3 Å². The Morgan fingerprint density at radius 1 is 1.12 bits per heavy atom. The Kier molecular flexibility index (Phi) is 9.66. The summed E-state index contributed by atoms with van der Waals surface area (Å²) in [6.45, 7) is 1.90. The molecule has 1 N–H and O–H groups in total. The van der Waals surface area contributed by atoms with Crippen LogP contribution in [-0.2, 0) is 28.6 Å². The fourth-order valence-electron chi connectivity index (χ4n) is 1.96. The van der Waals surface area contributed by atoms with Crippen LogP contribution in [0.5, 0.6) is 0 Å². The lowest BCUT2D eigenvalue weighted by atomic mass is 10.2. The van der Waals surface area contributed by atoms with E-state index in [-0.39, 0.29) is 24.1 Å². The van der Waals surface area contributed by atoms with Crippen LogP contribution in [-0.4, -0.2) is 52.5 Å². The molecule has 0 aromatic heterocycles. The number of aryl methyl sites for hydroxylation is 1. The molecule has 0 saturated heterocycles. The molecule has 0 spiro atoms. The third-order valence-electron chi connectivity index (χ3n) is 3.43. The first kappa shape index (κ1) is 21.6. The lowest BCUT2D eigenvalue weighted by Crippen LogP contribution is -2.24. The largest absolute Gasteiger partial charge is 0.469 e. The molecule has 142 valence electrons. The zero-order valence-electron chi connectivity index (χ0n) is 14.6. The number of rotatable bonds is 12. The summed E-state index contributed by atoms with van der Waals surface area (Å²) in [6.07, 6.45) is 1.62. The quantitative estimate of drug-likeness (QED) is 0.338. The van der Waals surface area contributed by atoms with Gasteiger partial charge in [0.1, 0.15) is 6.10 Å². The Labute approximate surface area is 149 Å². The zero-order chi connectivity index (χ0) is 18.7. The lowest BCUT2D eigenvalue weighted by Gasteiger charge is -2.12. The molecule has 0 aliphatic heterocycles. The fourth-order valence-corrected chi connectivity index (χ4v) is 2.90. The van der Waals surface area contributed by atoms with Crippen molar-refractivity contribution in [3.63, 3.8) is 0 Å². The van der Waals surface area contributed by atoms with Gasteiger partial charge >= 0.3 is 5.97 Å². The van der Waals surface area contributed by atoms with Crippen LogP contribution in [0, 0.1) is 6.92 Å². The topological polar surface area (TPSA) is 99.1 Å². The van der Waals surface area contributed by atoms with Gasteiger partial charge in [0.25, 0.3) is 10.1 Å². The SMILES string of the molecule is COC(=O)CCCCCOCC(O)COS(=O)(=O)c1ccc(C)cc1. The number of hydrogen-bond donors (Lipinski definition) is 1. The van der Waals surface area contributed by atoms with Gasteiger partial charge in [-0.2, -0.15) is 8.42 Å². The number of aliphatic hydroxyl groups is 1. The first-order chi connectivity index (χ1) is 11.8. The maximum Gasteiger partial charge on any atom is 0.305 e. The van der Waals surface area contributed by atoms with Gasteiger partial charge in [-0.15, -0.1) is 0 Å². The van der Waals surface area contributed by atoms with Crippen molar-refractivity contribution in [1.82, 2.24) is 0 Å². The number of esters is 1. The van der Waals surface area contributed by atoms with Crippen LogP contribution in [0.15, 0.2) is 29.2 Å². The van der Waals surface area contributed by atoms with E-state index in [1.54, 1.807) is 12.1 Å². The second kappa shape index (κ2) is 11.2. The average Bonchev–Trinajstić information content (AvgIpc) is 2.59. The first-order valence-corrected chi connectivity index (χ1v) is 9.54.